The van der Waals surface area contributed by atoms with Gasteiger partial charge in [-0.1, -0.05) is 11.3 Å². The molecule has 0 atom stereocenters. The van der Waals surface area contributed by atoms with Crippen molar-refractivity contribution in [3.63, 3.8) is 0 Å². The molecule has 1 amide bonds. The number of methoxy groups -OCH3 is 3. The molecule has 0 unspecified atom stereocenters. The summed E-state index contributed by atoms with van der Waals surface area (Å²) in [6.07, 6.45) is 1.46. The van der Waals surface area contributed by atoms with Crippen molar-refractivity contribution in [3.05, 3.63) is 28.3 Å². The van der Waals surface area contributed by atoms with Crippen molar-refractivity contribution in [2.75, 3.05) is 27.1 Å². The number of amides is 1. The number of anilines is 1. The van der Waals surface area contributed by atoms with Crippen LogP contribution in [0.4, 0.5) is 5.13 Å². The standard InChI is InChI=1S/C15H18N4O4S/c1-8-13(24-15(16)18-8)14(20)19-17-7-9-5-11(22-3)12(23-4)6-10(9)21-2/h5-7H,1-4H3,(H2,16,18)(H,19,20). The van der Waals surface area contributed by atoms with Gasteiger partial charge in [0.15, 0.2) is 16.6 Å². The van der Waals surface area contributed by atoms with Crippen LogP contribution in [0.2, 0.25) is 0 Å². The Kier molecular flexibility index (Phi) is 5.59. The third-order valence-corrected chi connectivity index (χ3v) is 4.11. The smallest absolute Gasteiger partial charge is 0.283 e. The molecule has 0 radical (unpaired) electrons. The fourth-order valence-corrected chi connectivity index (χ4v) is 2.72. The van der Waals surface area contributed by atoms with Crippen LogP contribution in [0.1, 0.15) is 20.9 Å². The largest absolute Gasteiger partial charge is 0.496 e. The van der Waals surface area contributed by atoms with E-state index in [9.17, 15) is 4.79 Å². The molecule has 1 aromatic heterocycles. The van der Waals surface area contributed by atoms with E-state index in [0.29, 0.717) is 38.5 Å². The number of benzene rings is 1. The summed E-state index contributed by atoms with van der Waals surface area (Å²) < 4.78 is 15.7. The molecule has 0 saturated heterocycles. The molecule has 9 heteroatoms. The fraction of sp³-hybridized carbons (Fsp3) is 0.267. The van der Waals surface area contributed by atoms with E-state index in [1.165, 1.54) is 27.5 Å². The molecule has 0 fully saturated rings. The Labute approximate surface area is 143 Å². The molecule has 3 N–H and O–H groups in total. The summed E-state index contributed by atoms with van der Waals surface area (Å²) >= 11 is 1.11. The number of thiazole rings is 1. The van der Waals surface area contributed by atoms with E-state index >= 15 is 0 Å². The van der Waals surface area contributed by atoms with Gasteiger partial charge in [0.2, 0.25) is 0 Å². The number of nitrogens with zero attached hydrogens (tertiary/aromatic N) is 2. The summed E-state index contributed by atoms with van der Waals surface area (Å²) in [6.45, 7) is 1.71. The van der Waals surface area contributed by atoms with Crippen LogP contribution in [-0.4, -0.2) is 38.4 Å². The maximum Gasteiger partial charge on any atom is 0.283 e. The summed E-state index contributed by atoms with van der Waals surface area (Å²) in [7, 11) is 4.60. The number of nitrogens with two attached hydrogens (primary N) is 1. The molecule has 1 heterocycles. The minimum absolute atomic E-state index is 0.336. The summed E-state index contributed by atoms with van der Waals surface area (Å²) in [5.74, 6) is 1.21. The number of rotatable bonds is 6. The molecule has 0 bridgehead atoms. The molecular formula is C15H18N4O4S. The van der Waals surface area contributed by atoms with Gasteiger partial charge in [-0.25, -0.2) is 10.4 Å². The summed E-state index contributed by atoms with van der Waals surface area (Å²) in [5.41, 5.74) is 9.20. The van der Waals surface area contributed by atoms with Crippen molar-refractivity contribution in [2.24, 2.45) is 5.10 Å². The van der Waals surface area contributed by atoms with Crippen LogP contribution in [-0.2, 0) is 0 Å². The second-order valence-corrected chi connectivity index (χ2v) is 5.65. The molecule has 0 aliphatic rings. The van der Waals surface area contributed by atoms with Gasteiger partial charge in [-0.3, -0.25) is 4.79 Å². The van der Waals surface area contributed by atoms with E-state index in [2.05, 4.69) is 15.5 Å². The van der Waals surface area contributed by atoms with Crippen molar-refractivity contribution < 1.29 is 19.0 Å². The predicted octanol–water partition coefficient (Wildman–Crippen LogP) is 1.82. The average molecular weight is 350 g/mol. The summed E-state index contributed by atoms with van der Waals surface area (Å²) in [4.78, 5) is 16.5. The second-order valence-electron chi connectivity index (χ2n) is 4.61. The van der Waals surface area contributed by atoms with Crippen LogP contribution in [0.5, 0.6) is 17.2 Å². The van der Waals surface area contributed by atoms with Gasteiger partial charge in [0.25, 0.3) is 5.91 Å². The Balaban J connectivity index is 2.19. The number of aryl methyl sites for hydroxylation is 1. The first-order valence-corrected chi connectivity index (χ1v) is 7.68. The molecule has 1 aromatic carbocycles. The first-order chi connectivity index (χ1) is 11.5. The maximum absolute atomic E-state index is 12.1. The van der Waals surface area contributed by atoms with Crippen LogP contribution < -0.4 is 25.4 Å². The first kappa shape index (κ1) is 17.5. The van der Waals surface area contributed by atoms with E-state index in [0.717, 1.165) is 11.3 Å². The molecule has 8 nitrogen and oxygen atoms in total. The number of hydrogen-bond donors (Lipinski definition) is 2. The van der Waals surface area contributed by atoms with Gasteiger partial charge in [-0.05, 0) is 13.0 Å². The van der Waals surface area contributed by atoms with E-state index in [-0.39, 0.29) is 5.91 Å². The zero-order valence-corrected chi connectivity index (χ0v) is 14.6. The Morgan fingerprint density at radius 2 is 1.83 bits per heavy atom. The molecule has 0 spiro atoms. The van der Waals surface area contributed by atoms with Crippen LogP contribution in [0.25, 0.3) is 0 Å². The van der Waals surface area contributed by atoms with Crippen LogP contribution in [0.15, 0.2) is 17.2 Å². The van der Waals surface area contributed by atoms with E-state index in [4.69, 9.17) is 19.9 Å². The molecule has 0 saturated carbocycles. The van der Waals surface area contributed by atoms with Crippen LogP contribution >= 0.6 is 11.3 Å². The number of aromatic nitrogens is 1. The second kappa shape index (κ2) is 7.64. The van der Waals surface area contributed by atoms with Crippen molar-refractivity contribution in [1.29, 1.82) is 0 Å². The van der Waals surface area contributed by atoms with Gasteiger partial charge in [0.05, 0.1) is 33.2 Å². The van der Waals surface area contributed by atoms with Gasteiger partial charge >= 0.3 is 0 Å². The normalized spacial score (nSPS) is 10.7. The van der Waals surface area contributed by atoms with Crippen molar-refractivity contribution >= 4 is 28.6 Å². The van der Waals surface area contributed by atoms with Crippen LogP contribution in [0.3, 0.4) is 0 Å². The van der Waals surface area contributed by atoms with E-state index in [1.54, 1.807) is 19.1 Å². The Hall–Kier alpha value is -2.81. The van der Waals surface area contributed by atoms with Crippen LogP contribution in [0, 0.1) is 6.92 Å². The molecule has 128 valence electrons. The Bertz CT molecular complexity index is 773. The van der Waals surface area contributed by atoms with Gasteiger partial charge in [0.1, 0.15) is 10.6 Å². The highest BCUT2D eigenvalue weighted by atomic mass is 32.1. The molecule has 24 heavy (non-hydrogen) atoms. The number of carbonyl (C=O) groups excluding carboxylic acids is 1. The van der Waals surface area contributed by atoms with E-state index in [1.807, 2.05) is 0 Å². The zero-order chi connectivity index (χ0) is 17.7. The van der Waals surface area contributed by atoms with Gasteiger partial charge in [-0.15, -0.1) is 0 Å². The Morgan fingerprint density at radius 3 is 2.38 bits per heavy atom. The maximum atomic E-state index is 12.1. The van der Waals surface area contributed by atoms with E-state index < -0.39 is 0 Å². The quantitative estimate of drug-likeness (QED) is 0.608. The lowest BCUT2D eigenvalue weighted by Gasteiger charge is -2.11. The van der Waals surface area contributed by atoms with Crippen molar-refractivity contribution in [3.8, 4) is 17.2 Å². The van der Waals surface area contributed by atoms with Gasteiger partial charge < -0.3 is 19.9 Å². The number of hydrogen-bond acceptors (Lipinski definition) is 8. The highest BCUT2D eigenvalue weighted by molar-refractivity contribution is 7.17. The topological polar surface area (TPSA) is 108 Å². The number of ether oxygens (including phenoxy) is 3. The number of nitrogen functional groups attached to an aromatic ring is 1. The SMILES string of the molecule is COc1cc(OC)c(OC)cc1C=NNC(=O)c1sc(N)nc1C. The third-order valence-electron chi connectivity index (χ3n) is 3.12. The lowest BCUT2D eigenvalue weighted by Crippen LogP contribution is -2.17. The first-order valence-electron chi connectivity index (χ1n) is 6.86. The van der Waals surface area contributed by atoms with Gasteiger partial charge in [-0.2, -0.15) is 5.10 Å². The lowest BCUT2D eigenvalue weighted by atomic mass is 10.2. The zero-order valence-electron chi connectivity index (χ0n) is 13.7. The lowest BCUT2D eigenvalue weighted by molar-refractivity contribution is 0.0958. The monoisotopic (exact) mass is 350 g/mol. The highest BCUT2D eigenvalue weighted by Gasteiger charge is 2.14. The molecule has 2 rings (SSSR count). The summed E-state index contributed by atoms with van der Waals surface area (Å²) in [5, 5.41) is 4.28. The minimum Gasteiger partial charge on any atom is -0.496 e. The molecule has 0 aliphatic carbocycles. The number of nitrogens with one attached hydrogen (secondary N) is 1. The van der Waals surface area contributed by atoms with Crippen molar-refractivity contribution in [2.45, 2.75) is 6.92 Å². The number of carbonyl (C=O) groups is 1. The highest BCUT2D eigenvalue weighted by Crippen LogP contribution is 2.33. The molecule has 2 aromatic rings. The minimum atomic E-state index is -0.377. The Morgan fingerprint density at radius 1 is 1.21 bits per heavy atom. The van der Waals surface area contributed by atoms with Crippen molar-refractivity contribution in [1.82, 2.24) is 10.4 Å². The summed E-state index contributed by atoms with van der Waals surface area (Å²) in [6, 6.07) is 3.37. The molecular weight excluding hydrogens is 332 g/mol. The average Bonchev–Trinajstić information content (AvgIpc) is 2.92. The third kappa shape index (κ3) is 3.74. The fourth-order valence-electron chi connectivity index (χ4n) is 1.99. The predicted molar refractivity (Wildman–Crippen MR) is 92.4 cm³/mol. The van der Waals surface area contributed by atoms with Gasteiger partial charge in [0, 0.05) is 11.6 Å². The molecule has 0 aliphatic heterocycles. The number of hydrazone groups is 1.